The molecule has 0 spiro atoms. The Morgan fingerprint density at radius 2 is 1.86 bits per heavy atom. The lowest BCUT2D eigenvalue weighted by molar-refractivity contribution is -0.384. The van der Waals surface area contributed by atoms with E-state index < -0.39 is 4.92 Å². The molecule has 0 saturated carbocycles. The maximum Gasteiger partial charge on any atom is 0.270 e. The average Bonchev–Trinajstić information content (AvgIpc) is 2.48. The zero-order valence-corrected chi connectivity index (χ0v) is 11.9. The largest absolute Gasteiger partial charge is 0.289 e. The molecule has 0 heterocycles. The Morgan fingerprint density at radius 1 is 1.10 bits per heavy atom. The van der Waals surface area contributed by atoms with Crippen molar-refractivity contribution in [3.8, 4) is 0 Å². The summed E-state index contributed by atoms with van der Waals surface area (Å²) in [6, 6.07) is 11.6. The van der Waals surface area contributed by atoms with E-state index in [2.05, 4.69) is 0 Å². The van der Waals surface area contributed by atoms with Crippen molar-refractivity contribution in [2.75, 3.05) is 0 Å². The van der Waals surface area contributed by atoms with E-state index >= 15 is 0 Å². The summed E-state index contributed by atoms with van der Waals surface area (Å²) < 4.78 is 0. The van der Waals surface area contributed by atoms with Crippen LogP contribution in [0.25, 0.3) is 6.08 Å². The third-order valence-electron chi connectivity index (χ3n) is 3.30. The summed E-state index contributed by atoms with van der Waals surface area (Å²) in [5, 5.41) is 10.7. The second kappa shape index (κ2) is 6.13. The third kappa shape index (κ3) is 3.63. The summed E-state index contributed by atoms with van der Waals surface area (Å²) in [6.07, 6.45) is 3.15. The number of benzene rings is 2. The number of carbonyl (C=O) groups is 1. The van der Waals surface area contributed by atoms with Gasteiger partial charge in [-0.05, 0) is 36.6 Å². The molecular formula is C17H15NO3. The number of carbonyl (C=O) groups excluding carboxylic acids is 1. The maximum absolute atomic E-state index is 12.0. The van der Waals surface area contributed by atoms with Crippen molar-refractivity contribution in [2.45, 2.75) is 13.8 Å². The van der Waals surface area contributed by atoms with Crippen LogP contribution in [-0.2, 0) is 0 Å². The van der Waals surface area contributed by atoms with E-state index in [1.165, 1.54) is 29.8 Å². The zero-order valence-electron chi connectivity index (χ0n) is 11.9. The second-order valence-corrected chi connectivity index (χ2v) is 4.85. The predicted molar refractivity (Wildman–Crippen MR) is 82.4 cm³/mol. The highest BCUT2D eigenvalue weighted by Crippen LogP contribution is 2.15. The van der Waals surface area contributed by atoms with Gasteiger partial charge in [-0.25, -0.2) is 0 Å². The Hall–Kier alpha value is -2.75. The van der Waals surface area contributed by atoms with E-state index in [9.17, 15) is 14.9 Å². The molecule has 0 radical (unpaired) electrons. The summed E-state index contributed by atoms with van der Waals surface area (Å²) in [5.74, 6) is -0.253. The first-order chi connectivity index (χ1) is 9.97. The van der Waals surface area contributed by atoms with E-state index in [0.29, 0.717) is 5.56 Å². The van der Waals surface area contributed by atoms with E-state index in [-0.39, 0.29) is 11.5 Å². The second-order valence-electron chi connectivity index (χ2n) is 4.85. The van der Waals surface area contributed by atoms with Crippen molar-refractivity contribution < 1.29 is 9.72 Å². The number of ketones is 1. The number of hydrogen-bond acceptors (Lipinski definition) is 3. The molecule has 0 aromatic heterocycles. The molecule has 0 amide bonds. The molecule has 2 aromatic rings. The van der Waals surface area contributed by atoms with Crippen LogP contribution in [0.4, 0.5) is 5.69 Å². The SMILES string of the molecule is Cc1ccc(/C=C/C(=O)c2cccc([N+](=O)[O-])c2)cc1C. The monoisotopic (exact) mass is 281 g/mol. The average molecular weight is 281 g/mol. The number of nitro benzene ring substituents is 1. The van der Waals surface area contributed by atoms with Crippen LogP contribution in [0.3, 0.4) is 0 Å². The molecule has 0 unspecified atom stereocenters. The normalized spacial score (nSPS) is 10.8. The molecule has 0 N–H and O–H groups in total. The Balaban J connectivity index is 2.20. The number of nitrogens with zero attached hydrogens (tertiary/aromatic N) is 1. The molecular weight excluding hydrogens is 266 g/mol. The minimum absolute atomic E-state index is 0.0829. The number of hydrogen-bond donors (Lipinski definition) is 0. The fourth-order valence-electron chi connectivity index (χ4n) is 1.91. The third-order valence-corrected chi connectivity index (χ3v) is 3.30. The van der Waals surface area contributed by atoms with E-state index in [1.54, 1.807) is 12.1 Å². The molecule has 106 valence electrons. The Labute approximate surface area is 122 Å². The standard InChI is InChI=1S/C17H15NO3/c1-12-6-7-14(10-13(12)2)8-9-17(19)15-4-3-5-16(11-15)18(20)21/h3-11H,1-2H3/b9-8+. The van der Waals surface area contributed by atoms with Crippen molar-refractivity contribution in [1.82, 2.24) is 0 Å². The van der Waals surface area contributed by atoms with Gasteiger partial charge in [-0.3, -0.25) is 14.9 Å². The van der Waals surface area contributed by atoms with Gasteiger partial charge in [-0.1, -0.05) is 36.4 Å². The van der Waals surface area contributed by atoms with Gasteiger partial charge in [-0.15, -0.1) is 0 Å². The van der Waals surface area contributed by atoms with Gasteiger partial charge in [0, 0.05) is 17.7 Å². The van der Waals surface area contributed by atoms with Crippen molar-refractivity contribution in [2.24, 2.45) is 0 Å². The topological polar surface area (TPSA) is 60.2 Å². The van der Waals surface area contributed by atoms with Gasteiger partial charge in [0.25, 0.3) is 5.69 Å². The number of nitro groups is 1. The van der Waals surface area contributed by atoms with Gasteiger partial charge < -0.3 is 0 Å². The lowest BCUT2D eigenvalue weighted by Crippen LogP contribution is -1.96. The van der Waals surface area contributed by atoms with E-state index in [4.69, 9.17) is 0 Å². The quantitative estimate of drug-likeness (QED) is 0.367. The van der Waals surface area contributed by atoms with Crippen molar-refractivity contribution in [3.05, 3.63) is 80.9 Å². The molecule has 0 aliphatic carbocycles. The number of rotatable bonds is 4. The van der Waals surface area contributed by atoms with Crippen LogP contribution in [0.5, 0.6) is 0 Å². The van der Waals surface area contributed by atoms with Crippen molar-refractivity contribution in [1.29, 1.82) is 0 Å². The zero-order chi connectivity index (χ0) is 15.4. The smallest absolute Gasteiger partial charge is 0.270 e. The fraction of sp³-hybridized carbons (Fsp3) is 0.118. The van der Waals surface area contributed by atoms with Crippen molar-refractivity contribution in [3.63, 3.8) is 0 Å². The summed E-state index contributed by atoms with van der Waals surface area (Å²) in [5.41, 5.74) is 3.50. The first-order valence-electron chi connectivity index (χ1n) is 6.51. The lowest BCUT2D eigenvalue weighted by atomic mass is 10.0. The lowest BCUT2D eigenvalue weighted by Gasteiger charge is -2.01. The minimum Gasteiger partial charge on any atom is -0.289 e. The van der Waals surface area contributed by atoms with Crippen LogP contribution in [0, 0.1) is 24.0 Å². The van der Waals surface area contributed by atoms with Crippen LogP contribution in [0.1, 0.15) is 27.0 Å². The van der Waals surface area contributed by atoms with E-state index in [1.807, 2.05) is 32.0 Å². The molecule has 0 bridgehead atoms. The molecule has 4 heteroatoms. The summed E-state index contributed by atoms with van der Waals surface area (Å²) in [6.45, 7) is 4.03. The minimum atomic E-state index is -0.510. The molecule has 21 heavy (non-hydrogen) atoms. The number of allylic oxidation sites excluding steroid dienone is 1. The van der Waals surface area contributed by atoms with Crippen LogP contribution >= 0.6 is 0 Å². The molecule has 0 fully saturated rings. The van der Waals surface area contributed by atoms with Gasteiger partial charge in [0.2, 0.25) is 0 Å². The van der Waals surface area contributed by atoms with Gasteiger partial charge >= 0.3 is 0 Å². The molecule has 2 rings (SSSR count). The van der Waals surface area contributed by atoms with Gasteiger partial charge in [-0.2, -0.15) is 0 Å². The summed E-state index contributed by atoms with van der Waals surface area (Å²) >= 11 is 0. The molecule has 0 aliphatic rings. The highest BCUT2D eigenvalue weighted by molar-refractivity contribution is 6.07. The molecule has 0 saturated heterocycles. The van der Waals surface area contributed by atoms with Crippen LogP contribution in [-0.4, -0.2) is 10.7 Å². The molecule has 0 atom stereocenters. The number of aryl methyl sites for hydroxylation is 2. The first kappa shape index (κ1) is 14.7. The molecule has 4 nitrogen and oxygen atoms in total. The highest BCUT2D eigenvalue weighted by Gasteiger charge is 2.09. The Kier molecular flexibility index (Phi) is 4.28. The van der Waals surface area contributed by atoms with Crippen molar-refractivity contribution >= 4 is 17.5 Å². The van der Waals surface area contributed by atoms with Gasteiger partial charge in [0.1, 0.15) is 0 Å². The Bertz CT molecular complexity index is 733. The number of non-ortho nitro benzene ring substituents is 1. The fourth-order valence-corrected chi connectivity index (χ4v) is 1.91. The first-order valence-corrected chi connectivity index (χ1v) is 6.51. The summed E-state index contributed by atoms with van der Waals surface area (Å²) in [4.78, 5) is 22.2. The molecule has 0 aliphatic heterocycles. The van der Waals surface area contributed by atoms with Crippen LogP contribution in [0.2, 0.25) is 0 Å². The van der Waals surface area contributed by atoms with Crippen LogP contribution in [0.15, 0.2) is 48.5 Å². The van der Waals surface area contributed by atoms with Gasteiger partial charge in [0.05, 0.1) is 4.92 Å². The van der Waals surface area contributed by atoms with E-state index in [0.717, 1.165) is 11.1 Å². The summed E-state index contributed by atoms with van der Waals surface area (Å²) in [7, 11) is 0. The molecule has 2 aromatic carbocycles. The van der Waals surface area contributed by atoms with Crippen LogP contribution < -0.4 is 0 Å². The Morgan fingerprint density at radius 3 is 2.52 bits per heavy atom. The predicted octanol–water partition coefficient (Wildman–Crippen LogP) is 4.11. The maximum atomic E-state index is 12.0. The van der Waals surface area contributed by atoms with Gasteiger partial charge in [0.15, 0.2) is 5.78 Å². The highest BCUT2D eigenvalue weighted by atomic mass is 16.6.